The summed E-state index contributed by atoms with van der Waals surface area (Å²) in [5.41, 5.74) is 0.889. The van der Waals surface area contributed by atoms with Crippen molar-refractivity contribution in [2.45, 2.75) is 31.2 Å². The molecule has 0 aromatic heterocycles. The second kappa shape index (κ2) is 5.51. The third kappa shape index (κ3) is 2.99. The van der Waals surface area contributed by atoms with Crippen molar-refractivity contribution in [1.29, 1.82) is 0 Å². The molecule has 4 heteroatoms. The maximum Gasteiger partial charge on any atom is 0.120 e. The highest BCUT2D eigenvalue weighted by Crippen LogP contribution is 2.30. The van der Waals surface area contributed by atoms with Crippen LogP contribution in [0.25, 0.3) is 0 Å². The van der Waals surface area contributed by atoms with Crippen molar-refractivity contribution >= 4 is 11.8 Å². The fourth-order valence-electron chi connectivity index (χ4n) is 2.05. The zero-order chi connectivity index (χ0) is 12.4. The van der Waals surface area contributed by atoms with E-state index in [1.807, 2.05) is 36.0 Å². The second-order valence-corrected chi connectivity index (χ2v) is 5.97. The van der Waals surface area contributed by atoms with E-state index in [9.17, 15) is 5.11 Å². The van der Waals surface area contributed by atoms with E-state index in [1.165, 1.54) is 0 Å². The van der Waals surface area contributed by atoms with Gasteiger partial charge < -0.3 is 14.6 Å². The number of ether oxygens (including phenoxy) is 2. The Morgan fingerprint density at radius 3 is 3.00 bits per heavy atom. The molecule has 1 N–H and O–H groups in total. The minimum Gasteiger partial charge on any atom is -0.490 e. The van der Waals surface area contributed by atoms with Crippen molar-refractivity contribution < 1.29 is 14.6 Å². The van der Waals surface area contributed by atoms with Crippen LogP contribution in [0.15, 0.2) is 24.3 Å². The SMILES string of the molecule is OC(c1cccc(OC2CC2)c1)C1CSCCO1. The van der Waals surface area contributed by atoms with Crippen LogP contribution < -0.4 is 4.74 Å². The van der Waals surface area contributed by atoms with Crippen molar-refractivity contribution in [2.24, 2.45) is 0 Å². The molecule has 0 radical (unpaired) electrons. The molecular formula is C14H18O3S. The highest BCUT2D eigenvalue weighted by molar-refractivity contribution is 7.99. The molecular weight excluding hydrogens is 248 g/mol. The predicted octanol–water partition coefficient (Wildman–Crippen LogP) is 2.39. The Balaban J connectivity index is 1.69. The first-order chi connectivity index (χ1) is 8.83. The Hall–Kier alpha value is -0.710. The van der Waals surface area contributed by atoms with Crippen molar-refractivity contribution in [1.82, 2.24) is 0 Å². The number of benzene rings is 1. The fourth-order valence-corrected chi connectivity index (χ4v) is 2.94. The summed E-state index contributed by atoms with van der Waals surface area (Å²) < 4.78 is 11.4. The number of aliphatic hydroxyl groups is 1. The molecule has 1 saturated heterocycles. The fraction of sp³-hybridized carbons (Fsp3) is 0.571. The van der Waals surface area contributed by atoms with Gasteiger partial charge in [0.1, 0.15) is 11.9 Å². The topological polar surface area (TPSA) is 38.7 Å². The van der Waals surface area contributed by atoms with Crippen LogP contribution in [0.1, 0.15) is 24.5 Å². The Labute approximate surface area is 111 Å². The Bertz CT molecular complexity index is 400. The monoisotopic (exact) mass is 266 g/mol. The molecule has 1 saturated carbocycles. The molecule has 2 fully saturated rings. The molecule has 2 unspecified atom stereocenters. The van der Waals surface area contributed by atoms with E-state index >= 15 is 0 Å². The number of hydrogen-bond donors (Lipinski definition) is 1. The van der Waals surface area contributed by atoms with Gasteiger partial charge in [-0.05, 0) is 30.5 Å². The van der Waals surface area contributed by atoms with Gasteiger partial charge in [-0.3, -0.25) is 0 Å². The van der Waals surface area contributed by atoms with Crippen LogP contribution in [0.5, 0.6) is 5.75 Å². The lowest BCUT2D eigenvalue weighted by molar-refractivity contribution is -0.0228. The Kier molecular flexibility index (Phi) is 3.77. The summed E-state index contributed by atoms with van der Waals surface area (Å²) in [6, 6.07) is 7.76. The lowest BCUT2D eigenvalue weighted by Crippen LogP contribution is -2.29. The van der Waals surface area contributed by atoms with Crippen molar-refractivity contribution in [3.8, 4) is 5.75 Å². The van der Waals surface area contributed by atoms with E-state index in [-0.39, 0.29) is 6.10 Å². The van der Waals surface area contributed by atoms with E-state index in [0.717, 1.165) is 42.3 Å². The van der Waals surface area contributed by atoms with E-state index < -0.39 is 6.10 Å². The average molecular weight is 266 g/mol. The first-order valence-electron chi connectivity index (χ1n) is 6.47. The number of rotatable bonds is 4. The van der Waals surface area contributed by atoms with Crippen molar-refractivity contribution in [2.75, 3.05) is 18.1 Å². The summed E-state index contributed by atoms with van der Waals surface area (Å²) >= 11 is 1.83. The number of aliphatic hydroxyl groups excluding tert-OH is 1. The first-order valence-corrected chi connectivity index (χ1v) is 7.62. The Morgan fingerprint density at radius 1 is 1.39 bits per heavy atom. The maximum absolute atomic E-state index is 10.3. The summed E-state index contributed by atoms with van der Waals surface area (Å²) in [6.45, 7) is 0.727. The predicted molar refractivity (Wildman–Crippen MR) is 72.1 cm³/mol. The molecule has 2 aliphatic rings. The molecule has 1 aliphatic carbocycles. The molecule has 1 aliphatic heterocycles. The van der Waals surface area contributed by atoms with Gasteiger partial charge in [-0.1, -0.05) is 12.1 Å². The van der Waals surface area contributed by atoms with Gasteiger partial charge in [0.25, 0.3) is 0 Å². The van der Waals surface area contributed by atoms with Crippen molar-refractivity contribution in [3.63, 3.8) is 0 Å². The zero-order valence-corrected chi connectivity index (χ0v) is 11.1. The standard InChI is InChI=1S/C14H18O3S/c15-14(13-9-18-7-6-16-13)10-2-1-3-12(8-10)17-11-4-5-11/h1-3,8,11,13-15H,4-7,9H2. The zero-order valence-electron chi connectivity index (χ0n) is 10.2. The smallest absolute Gasteiger partial charge is 0.120 e. The minimum atomic E-state index is -0.555. The molecule has 3 rings (SSSR count). The van der Waals surface area contributed by atoms with Crippen LogP contribution in [-0.4, -0.2) is 35.4 Å². The summed E-state index contributed by atoms with van der Waals surface area (Å²) in [6.07, 6.45) is 2.03. The molecule has 1 heterocycles. The van der Waals surface area contributed by atoms with E-state index in [1.54, 1.807) is 0 Å². The van der Waals surface area contributed by atoms with Gasteiger partial charge in [0.05, 0.1) is 18.8 Å². The molecule has 1 aromatic rings. The van der Waals surface area contributed by atoms with Crippen LogP contribution in [0.4, 0.5) is 0 Å². The molecule has 0 spiro atoms. The summed E-state index contributed by atoms with van der Waals surface area (Å²) in [5, 5.41) is 10.3. The number of hydrogen-bond acceptors (Lipinski definition) is 4. The van der Waals surface area contributed by atoms with Crippen molar-refractivity contribution in [3.05, 3.63) is 29.8 Å². The molecule has 18 heavy (non-hydrogen) atoms. The lowest BCUT2D eigenvalue weighted by Gasteiger charge is -2.27. The Morgan fingerprint density at radius 2 is 2.28 bits per heavy atom. The molecule has 0 amide bonds. The van der Waals surface area contributed by atoms with Gasteiger partial charge >= 0.3 is 0 Å². The van der Waals surface area contributed by atoms with Crippen LogP contribution in [-0.2, 0) is 4.74 Å². The van der Waals surface area contributed by atoms with Crippen LogP contribution in [0.3, 0.4) is 0 Å². The molecule has 1 aromatic carbocycles. The third-order valence-electron chi connectivity index (χ3n) is 3.22. The van der Waals surface area contributed by atoms with Crippen LogP contribution >= 0.6 is 11.8 Å². The van der Waals surface area contributed by atoms with Gasteiger partial charge in [-0.25, -0.2) is 0 Å². The summed E-state index contributed by atoms with van der Waals surface area (Å²) in [4.78, 5) is 0. The largest absolute Gasteiger partial charge is 0.490 e. The second-order valence-electron chi connectivity index (χ2n) is 4.82. The minimum absolute atomic E-state index is 0.0973. The molecule has 3 nitrogen and oxygen atoms in total. The highest BCUT2D eigenvalue weighted by Gasteiger charge is 2.26. The molecule has 98 valence electrons. The molecule has 2 atom stereocenters. The number of thioether (sulfide) groups is 1. The van der Waals surface area contributed by atoms with E-state index in [0.29, 0.717) is 6.10 Å². The lowest BCUT2D eigenvalue weighted by atomic mass is 10.0. The van der Waals surface area contributed by atoms with Gasteiger partial charge in [0.15, 0.2) is 0 Å². The van der Waals surface area contributed by atoms with Gasteiger partial charge in [-0.15, -0.1) is 0 Å². The van der Waals surface area contributed by atoms with Crippen LogP contribution in [0, 0.1) is 0 Å². The summed E-state index contributed by atoms with van der Waals surface area (Å²) in [5.74, 6) is 2.74. The van der Waals surface area contributed by atoms with Gasteiger partial charge in [0.2, 0.25) is 0 Å². The van der Waals surface area contributed by atoms with E-state index in [2.05, 4.69) is 0 Å². The van der Waals surface area contributed by atoms with Gasteiger partial charge in [-0.2, -0.15) is 11.8 Å². The average Bonchev–Trinajstić information content (AvgIpc) is 3.23. The highest BCUT2D eigenvalue weighted by atomic mass is 32.2. The quantitative estimate of drug-likeness (QED) is 0.908. The molecule has 0 bridgehead atoms. The third-order valence-corrected chi connectivity index (χ3v) is 4.24. The van der Waals surface area contributed by atoms with E-state index in [4.69, 9.17) is 9.47 Å². The first kappa shape index (κ1) is 12.3. The normalized spacial score (nSPS) is 25.7. The van der Waals surface area contributed by atoms with Crippen LogP contribution in [0.2, 0.25) is 0 Å². The maximum atomic E-state index is 10.3. The summed E-state index contributed by atoms with van der Waals surface area (Å²) in [7, 11) is 0. The van der Waals surface area contributed by atoms with Gasteiger partial charge in [0, 0.05) is 11.5 Å².